The maximum absolute atomic E-state index is 14.3. The fourth-order valence-corrected chi connectivity index (χ4v) is 5.57. The molecule has 198 valence electrons. The third-order valence-electron chi connectivity index (χ3n) is 7.90. The van der Waals surface area contributed by atoms with Crippen molar-refractivity contribution in [2.24, 2.45) is 5.92 Å². The molecule has 6 nitrogen and oxygen atoms in total. The van der Waals surface area contributed by atoms with Gasteiger partial charge in [0.05, 0.1) is 11.6 Å². The quantitative estimate of drug-likeness (QED) is 0.505. The van der Waals surface area contributed by atoms with Gasteiger partial charge >= 0.3 is 6.03 Å². The molecule has 2 aliphatic rings. The van der Waals surface area contributed by atoms with E-state index in [1.54, 1.807) is 17.0 Å². The van der Waals surface area contributed by atoms with Gasteiger partial charge in [0, 0.05) is 50.9 Å². The molecular weight excluding hydrogens is 479 g/mol. The van der Waals surface area contributed by atoms with E-state index >= 15 is 0 Å². The minimum atomic E-state index is -0.292. The molecule has 2 aliphatic heterocycles. The third-order valence-corrected chi connectivity index (χ3v) is 7.90. The van der Waals surface area contributed by atoms with Crippen LogP contribution in [0.3, 0.4) is 0 Å². The van der Waals surface area contributed by atoms with Gasteiger partial charge in [-0.15, -0.1) is 0 Å². The summed E-state index contributed by atoms with van der Waals surface area (Å²) in [6, 6.07) is 22.6. The predicted octanol–water partition coefficient (Wildman–Crippen LogP) is 5.43. The predicted molar refractivity (Wildman–Crippen MR) is 149 cm³/mol. The first-order valence-corrected chi connectivity index (χ1v) is 13.4. The van der Waals surface area contributed by atoms with Gasteiger partial charge in [-0.25, -0.2) is 9.18 Å². The molecule has 3 aromatic rings. The number of piperazine rings is 1. The fourth-order valence-electron chi connectivity index (χ4n) is 5.57. The lowest BCUT2D eigenvalue weighted by Crippen LogP contribution is -2.54. The van der Waals surface area contributed by atoms with Crippen LogP contribution < -0.4 is 10.2 Å². The van der Waals surface area contributed by atoms with Crippen LogP contribution in [0.15, 0.2) is 72.8 Å². The number of nitrogens with zero attached hydrogens (tertiary/aromatic N) is 3. The molecule has 2 fully saturated rings. The van der Waals surface area contributed by atoms with Gasteiger partial charge in [0.15, 0.2) is 0 Å². The zero-order valence-corrected chi connectivity index (χ0v) is 22.1. The van der Waals surface area contributed by atoms with Crippen LogP contribution in [-0.4, -0.2) is 61.0 Å². The van der Waals surface area contributed by atoms with Crippen LogP contribution in [0, 0.1) is 25.6 Å². The van der Waals surface area contributed by atoms with Gasteiger partial charge in [-0.3, -0.25) is 4.79 Å². The third kappa shape index (κ3) is 5.67. The van der Waals surface area contributed by atoms with Crippen molar-refractivity contribution in [3.8, 4) is 0 Å². The van der Waals surface area contributed by atoms with E-state index in [2.05, 4.69) is 17.4 Å². The van der Waals surface area contributed by atoms with E-state index < -0.39 is 0 Å². The first kappa shape index (κ1) is 25.8. The van der Waals surface area contributed by atoms with Gasteiger partial charge in [-0.1, -0.05) is 48.5 Å². The van der Waals surface area contributed by atoms with E-state index in [0.717, 1.165) is 16.8 Å². The number of nitrogens with one attached hydrogen (secondary N) is 1. The summed E-state index contributed by atoms with van der Waals surface area (Å²) in [5, 5.41) is 3.04. The Bertz CT molecular complexity index is 1290. The molecule has 1 N–H and O–H groups in total. The molecule has 3 amide bonds. The van der Waals surface area contributed by atoms with Gasteiger partial charge < -0.3 is 20.0 Å². The second-order valence-electron chi connectivity index (χ2n) is 10.4. The highest BCUT2D eigenvalue weighted by atomic mass is 19.1. The SMILES string of the molecule is Cc1ccc(NC(=O)N2C[C@H](C(=O)N3CCN(c4ccccc4F)CC3)C[C@H](c3ccccc3)C2)cc1C. The molecule has 5 rings (SSSR count). The summed E-state index contributed by atoms with van der Waals surface area (Å²) in [5.74, 6) is -0.387. The summed E-state index contributed by atoms with van der Waals surface area (Å²) in [6.07, 6.45) is 0.698. The minimum absolute atomic E-state index is 0.0720. The number of benzene rings is 3. The Kier molecular flexibility index (Phi) is 7.63. The van der Waals surface area contributed by atoms with Gasteiger partial charge in [-0.05, 0) is 61.2 Å². The molecule has 0 saturated carbocycles. The number of hydrogen-bond donors (Lipinski definition) is 1. The molecule has 0 aromatic heterocycles. The Morgan fingerprint density at radius 3 is 2.24 bits per heavy atom. The smallest absolute Gasteiger partial charge is 0.321 e. The molecule has 3 aromatic carbocycles. The molecule has 0 unspecified atom stereocenters. The molecule has 0 spiro atoms. The summed E-state index contributed by atoms with van der Waals surface area (Å²) < 4.78 is 14.3. The number of likely N-dealkylation sites (tertiary alicyclic amines) is 1. The van der Waals surface area contributed by atoms with Gasteiger partial charge in [0.2, 0.25) is 5.91 Å². The lowest BCUT2D eigenvalue weighted by Gasteiger charge is -2.41. The van der Waals surface area contributed by atoms with Crippen LogP contribution in [0.1, 0.15) is 29.0 Å². The van der Waals surface area contributed by atoms with E-state index in [1.807, 2.05) is 66.1 Å². The van der Waals surface area contributed by atoms with Crippen LogP contribution >= 0.6 is 0 Å². The second kappa shape index (κ2) is 11.3. The number of para-hydroxylation sites is 1. The zero-order chi connectivity index (χ0) is 26.6. The zero-order valence-electron chi connectivity index (χ0n) is 22.1. The monoisotopic (exact) mass is 514 g/mol. The summed E-state index contributed by atoms with van der Waals surface area (Å²) in [6.45, 7) is 7.25. The number of aryl methyl sites for hydroxylation is 2. The molecule has 2 atom stereocenters. The van der Waals surface area contributed by atoms with Crippen molar-refractivity contribution < 1.29 is 14.0 Å². The average Bonchev–Trinajstić information content (AvgIpc) is 2.95. The lowest BCUT2D eigenvalue weighted by atomic mass is 9.84. The average molecular weight is 515 g/mol. The van der Waals surface area contributed by atoms with Crippen molar-refractivity contribution in [2.45, 2.75) is 26.2 Å². The van der Waals surface area contributed by atoms with Gasteiger partial charge in [0.1, 0.15) is 5.82 Å². The first-order valence-electron chi connectivity index (χ1n) is 13.4. The van der Waals surface area contributed by atoms with Crippen LogP contribution in [0.4, 0.5) is 20.6 Å². The maximum atomic E-state index is 14.3. The van der Waals surface area contributed by atoms with E-state index in [4.69, 9.17) is 0 Å². The van der Waals surface area contributed by atoms with E-state index in [9.17, 15) is 14.0 Å². The number of halogens is 1. The number of rotatable bonds is 4. The number of carbonyl (C=O) groups is 2. The van der Waals surface area contributed by atoms with Crippen molar-refractivity contribution in [1.29, 1.82) is 0 Å². The van der Waals surface area contributed by atoms with Crippen LogP contribution in [0.25, 0.3) is 0 Å². The van der Waals surface area contributed by atoms with E-state index in [0.29, 0.717) is 51.4 Å². The van der Waals surface area contributed by atoms with Crippen molar-refractivity contribution in [1.82, 2.24) is 9.80 Å². The van der Waals surface area contributed by atoms with Crippen LogP contribution in [-0.2, 0) is 4.79 Å². The number of anilines is 2. The normalized spacial score (nSPS) is 19.8. The molecule has 0 aliphatic carbocycles. The number of hydrogen-bond acceptors (Lipinski definition) is 3. The molecule has 0 radical (unpaired) electrons. The molecule has 7 heteroatoms. The first-order chi connectivity index (χ1) is 18.4. The minimum Gasteiger partial charge on any atom is -0.366 e. The van der Waals surface area contributed by atoms with Crippen molar-refractivity contribution in [3.05, 3.63) is 95.3 Å². The topological polar surface area (TPSA) is 55.9 Å². The standard InChI is InChI=1S/C31H35FN4O2/c1-22-12-13-27(18-23(22)2)33-31(38)36-20-25(24-8-4-3-5-9-24)19-26(21-36)30(37)35-16-14-34(15-17-35)29-11-7-6-10-28(29)32/h3-13,18,25-26H,14-17,19-21H2,1-2H3,(H,33,38)/t25-,26+/m0/s1. The van der Waals surface area contributed by atoms with Crippen LogP contribution in [0.2, 0.25) is 0 Å². The van der Waals surface area contributed by atoms with Gasteiger partial charge in [-0.2, -0.15) is 0 Å². The number of carbonyl (C=O) groups excluding carboxylic acids is 2. The number of urea groups is 1. The van der Waals surface area contributed by atoms with E-state index in [-0.39, 0.29) is 29.6 Å². The van der Waals surface area contributed by atoms with Gasteiger partial charge in [0.25, 0.3) is 0 Å². The number of piperidine rings is 1. The highest BCUT2D eigenvalue weighted by Gasteiger charge is 2.37. The maximum Gasteiger partial charge on any atom is 0.321 e. The summed E-state index contributed by atoms with van der Waals surface area (Å²) in [7, 11) is 0. The number of amides is 3. The molecule has 0 bridgehead atoms. The molecular formula is C31H35FN4O2. The molecule has 2 saturated heterocycles. The molecule has 38 heavy (non-hydrogen) atoms. The Labute approximate surface area is 224 Å². The Morgan fingerprint density at radius 2 is 1.53 bits per heavy atom. The second-order valence-corrected chi connectivity index (χ2v) is 10.4. The Balaban J connectivity index is 1.29. The lowest BCUT2D eigenvalue weighted by molar-refractivity contribution is -0.137. The highest BCUT2D eigenvalue weighted by Crippen LogP contribution is 2.32. The van der Waals surface area contributed by atoms with Crippen LogP contribution in [0.5, 0.6) is 0 Å². The largest absolute Gasteiger partial charge is 0.366 e. The summed E-state index contributed by atoms with van der Waals surface area (Å²) >= 11 is 0. The van der Waals surface area contributed by atoms with E-state index in [1.165, 1.54) is 11.6 Å². The summed E-state index contributed by atoms with van der Waals surface area (Å²) in [5.41, 5.74) is 4.76. The Hall–Kier alpha value is -3.87. The fraction of sp³-hybridized carbons (Fsp3) is 0.355. The van der Waals surface area contributed by atoms with Crippen molar-refractivity contribution in [3.63, 3.8) is 0 Å². The highest BCUT2D eigenvalue weighted by molar-refractivity contribution is 5.90. The summed E-state index contributed by atoms with van der Waals surface area (Å²) in [4.78, 5) is 32.8. The van der Waals surface area contributed by atoms with Crippen molar-refractivity contribution >= 4 is 23.3 Å². The molecule has 2 heterocycles. The Morgan fingerprint density at radius 1 is 0.816 bits per heavy atom. The van der Waals surface area contributed by atoms with Crippen molar-refractivity contribution in [2.75, 3.05) is 49.5 Å².